The summed E-state index contributed by atoms with van der Waals surface area (Å²) in [7, 11) is 0. The fraction of sp³-hybridized carbons (Fsp3) is 0.391. The molecule has 29 heavy (non-hydrogen) atoms. The van der Waals surface area contributed by atoms with Crippen LogP contribution >= 0.6 is 0 Å². The minimum Gasteiger partial charge on any atom is -0.339 e. The van der Waals surface area contributed by atoms with Crippen molar-refractivity contribution in [1.29, 1.82) is 0 Å². The summed E-state index contributed by atoms with van der Waals surface area (Å²) < 4.78 is 21.5. The molecule has 2 aromatic rings. The Morgan fingerprint density at radius 3 is 2.41 bits per heavy atom. The summed E-state index contributed by atoms with van der Waals surface area (Å²) in [5.41, 5.74) is 0.112. The Bertz CT molecular complexity index is 922. The van der Waals surface area contributed by atoms with Gasteiger partial charge in [0.25, 0.3) is 11.8 Å². The first-order valence-corrected chi connectivity index (χ1v) is 10.1. The third kappa shape index (κ3) is 2.85. The molecule has 2 aromatic carbocycles. The van der Waals surface area contributed by atoms with E-state index >= 15 is 4.39 Å². The zero-order chi connectivity index (χ0) is 20.0. The molecule has 0 saturated carbocycles. The number of hydrogen-bond donors (Lipinski definition) is 0. The summed E-state index contributed by atoms with van der Waals surface area (Å²) in [6.07, 6.45) is -0.237. The van der Waals surface area contributed by atoms with Crippen molar-refractivity contribution in [3.8, 4) is 0 Å². The van der Waals surface area contributed by atoms with Crippen LogP contribution in [0.5, 0.6) is 0 Å². The predicted molar refractivity (Wildman–Crippen MR) is 105 cm³/mol. The molecule has 0 aliphatic carbocycles. The fourth-order valence-corrected chi connectivity index (χ4v) is 4.89. The van der Waals surface area contributed by atoms with Crippen molar-refractivity contribution in [2.45, 2.75) is 43.3 Å². The lowest BCUT2D eigenvalue weighted by Gasteiger charge is -2.40. The van der Waals surface area contributed by atoms with Crippen molar-refractivity contribution < 1.29 is 18.7 Å². The average molecular weight is 394 g/mol. The second-order valence-corrected chi connectivity index (χ2v) is 8.01. The van der Waals surface area contributed by atoms with E-state index < -0.39 is 11.8 Å². The maximum absolute atomic E-state index is 15.4. The number of carbonyl (C=O) groups excluding carboxylic acids is 2. The van der Waals surface area contributed by atoms with Gasteiger partial charge in [0.15, 0.2) is 11.8 Å². The summed E-state index contributed by atoms with van der Waals surface area (Å²) in [4.78, 5) is 29.3. The molecule has 0 bridgehead atoms. The molecule has 5 rings (SSSR count). The van der Waals surface area contributed by atoms with Gasteiger partial charge in [0.1, 0.15) is 6.23 Å². The monoisotopic (exact) mass is 394 g/mol. The van der Waals surface area contributed by atoms with E-state index in [2.05, 4.69) is 0 Å². The average Bonchev–Trinajstić information content (AvgIpc) is 3.29. The number of piperidine rings is 1. The van der Waals surface area contributed by atoms with Crippen LogP contribution in [0.4, 0.5) is 4.39 Å². The zero-order valence-electron chi connectivity index (χ0n) is 16.0. The standard InChI is InChI=1S/C23H23FN2O3/c24-19-15-25(21(27)17-9-5-2-6-10-17)14-13-23(19)22(28)26-18(11-12-20(26)29-23)16-7-3-1-4-8-16/h1-10,18-20H,11-15H2/t18-,19?,20+,23?/m0/s1. The van der Waals surface area contributed by atoms with Gasteiger partial charge < -0.3 is 14.5 Å². The summed E-state index contributed by atoms with van der Waals surface area (Å²) in [6.45, 7) is 0.173. The van der Waals surface area contributed by atoms with E-state index in [1.807, 2.05) is 36.4 Å². The van der Waals surface area contributed by atoms with Crippen molar-refractivity contribution >= 4 is 11.8 Å². The Morgan fingerprint density at radius 1 is 1.03 bits per heavy atom. The highest BCUT2D eigenvalue weighted by atomic mass is 19.1. The quantitative estimate of drug-likeness (QED) is 0.785. The van der Waals surface area contributed by atoms with Crippen LogP contribution in [0, 0.1) is 0 Å². The maximum Gasteiger partial charge on any atom is 0.260 e. The SMILES string of the molecule is O=C(c1ccccc1)N1CCC2(O[C@@H]3CC[C@@H](c4ccccc4)N3C2=O)C(F)C1. The molecule has 3 saturated heterocycles. The second-order valence-electron chi connectivity index (χ2n) is 8.01. The van der Waals surface area contributed by atoms with Gasteiger partial charge in [0, 0.05) is 18.5 Å². The molecule has 3 aliphatic heterocycles. The highest BCUT2D eigenvalue weighted by Crippen LogP contribution is 2.48. The van der Waals surface area contributed by atoms with Crippen LogP contribution in [-0.2, 0) is 9.53 Å². The smallest absolute Gasteiger partial charge is 0.260 e. The van der Waals surface area contributed by atoms with Gasteiger partial charge in [-0.25, -0.2) is 4.39 Å². The van der Waals surface area contributed by atoms with Crippen molar-refractivity contribution in [2.75, 3.05) is 13.1 Å². The van der Waals surface area contributed by atoms with Gasteiger partial charge in [-0.05, 0) is 30.5 Å². The number of amides is 2. The van der Waals surface area contributed by atoms with Crippen LogP contribution in [0.25, 0.3) is 0 Å². The Hall–Kier alpha value is -2.73. The van der Waals surface area contributed by atoms with Crippen LogP contribution in [0.15, 0.2) is 60.7 Å². The number of benzene rings is 2. The third-order valence-electron chi connectivity index (χ3n) is 6.41. The van der Waals surface area contributed by atoms with Gasteiger partial charge in [-0.3, -0.25) is 9.59 Å². The van der Waals surface area contributed by atoms with E-state index in [9.17, 15) is 9.59 Å². The minimum absolute atomic E-state index is 0.0794. The van der Waals surface area contributed by atoms with E-state index in [0.717, 1.165) is 12.0 Å². The number of alkyl halides is 1. The summed E-state index contributed by atoms with van der Waals surface area (Å²) in [5.74, 6) is -0.482. The molecule has 0 aromatic heterocycles. The van der Waals surface area contributed by atoms with Crippen LogP contribution in [0.2, 0.25) is 0 Å². The number of halogens is 1. The molecule has 2 amide bonds. The highest BCUT2D eigenvalue weighted by molar-refractivity contribution is 5.95. The Labute approximate surface area is 169 Å². The van der Waals surface area contributed by atoms with Crippen LogP contribution < -0.4 is 0 Å². The summed E-state index contributed by atoms with van der Waals surface area (Å²) >= 11 is 0. The van der Waals surface area contributed by atoms with Gasteiger partial charge in [-0.2, -0.15) is 0 Å². The van der Waals surface area contributed by atoms with E-state index in [-0.39, 0.29) is 37.0 Å². The fourth-order valence-electron chi connectivity index (χ4n) is 4.89. The number of rotatable bonds is 2. The van der Waals surface area contributed by atoms with Gasteiger partial charge in [0.05, 0.1) is 12.6 Å². The number of hydrogen-bond acceptors (Lipinski definition) is 3. The Morgan fingerprint density at radius 2 is 1.72 bits per heavy atom. The largest absolute Gasteiger partial charge is 0.339 e. The van der Waals surface area contributed by atoms with Crippen LogP contribution in [0.1, 0.15) is 41.2 Å². The van der Waals surface area contributed by atoms with Gasteiger partial charge in [-0.1, -0.05) is 48.5 Å². The molecule has 3 heterocycles. The van der Waals surface area contributed by atoms with Crippen LogP contribution in [0.3, 0.4) is 0 Å². The van der Waals surface area contributed by atoms with Gasteiger partial charge in [0.2, 0.25) is 0 Å². The Kier molecular flexibility index (Phi) is 4.39. The Balaban J connectivity index is 1.35. The molecular weight excluding hydrogens is 371 g/mol. The lowest BCUT2D eigenvalue weighted by atomic mass is 9.87. The molecule has 2 unspecified atom stereocenters. The maximum atomic E-state index is 15.4. The first-order valence-electron chi connectivity index (χ1n) is 10.1. The zero-order valence-corrected chi connectivity index (χ0v) is 16.0. The molecule has 6 heteroatoms. The molecule has 5 nitrogen and oxygen atoms in total. The minimum atomic E-state index is -1.54. The number of carbonyl (C=O) groups is 2. The number of ether oxygens (including phenoxy) is 1. The van der Waals surface area contributed by atoms with Gasteiger partial charge in [-0.15, -0.1) is 0 Å². The van der Waals surface area contributed by atoms with Crippen molar-refractivity contribution in [3.05, 3.63) is 71.8 Å². The number of fused-ring (bicyclic) bond motifs is 1. The molecule has 3 fully saturated rings. The van der Waals surface area contributed by atoms with Gasteiger partial charge >= 0.3 is 0 Å². The third-order valence-corrected chi connectivity index (χ3v) is 6.41. The molecule has 0 radical (unpaired) electrons. The molecule has 150 valence electrons. The lowest BCUT2D eigenvalue weighted by Crippen LogP contribution is -2.59. The van der Waals surface area contributed by atoms with E-state index in [1.165, 1.54) is 4.90 Å². The van der Waals surface area contributed by atoms with Crippen molar-refractivity contribution in [2.24, 2.45) is 0 Å². The summed E-state index contributed by atoms with van der Waals surface area (Å²) in [5, 5.41) is 0. The van der Waals surface area contributed by atoms with Crippen molar-refractivity contribution in [3.63, 3.8) is 0 Å². The summed E-state index contributed by atoms with van der Waals surface area (Å²) in [6, 6.07) is 18.6. The second kappa shape index (κ2) is 6.95. The highest BCUT2D eigenvalue weighted by Gasteiger charge is 2.62. The van der Waals surface area contributed by atoms with E-state index in [4.69, 9.17) is 4.74 Å². The first-order chi connectivity index (χ1) is 14.1. The van der Waals surface area contributed by atoms with Crippen LogP contribution in [-0.4, -0.2) is 52.7 Å². The normalized spacial score (nSPS) is 31.3. The predicted octanol–water partition coefficient (Wildman–Crippen LogP) is 3.33. The molecule has 3 aliphatic rings. The molecule has 4 atom stereocenters. The van der Waals surface area contributed by atoms with Crippen molar-refractivity contribution in [1.82, 2.24) is 9.80 Å². The first kappa shape index (κ1) is 18.3. The van der Waals surface area contributed by atoms with E-state index in [0.29, 0.717) is 18.5 Å². The number of likely N-dealkylation sites (tertiary alicyclic amines) is 1. The number of nitrogens with zero attached hydrogens (tertiary/aromatic N) is 2. The lowest BCUT2D eigenvalue weighted by molar-refractivity contribution is -0.153. The van der Waals surface area contributed by atoms with E-state index in [1.54, 1.807) is 29.2 Å². The molecule has 0 N–H and O–H groups in total. The molecule has 1 spiro atoms. The molecular formula is C23H23FN2O3. The topological polar surface area (TPSA) is 49.9 Å².